The normalized spacial score (nSPS) is 26.8. The van der Waals surface area contributed by atoms with Gasteiger partial charge in [0.15, 0.2) is 0 Å². The summed E-state index contributed by atoms with van der Waals surface area (Å²) >= 11 is 5.33. The van der Waals surface area contributed by atoms with E-state index < -0.39 is 0 Å². The number of hydrogen-bond acceptors (Lipinski definition) is 3. The van der Waals surface area contributed by atoms with Gasteiger partial charge in [-0.25, -0.2) is 0 Å². The quantitative estimate of drug-likeness (QED) is 0.924. The van der Waals surface area contributed by atoms with Crippen LogP contribution < -0.4 is 5.32 Å². The number of hydrogen-bond donors (Lipinski definition) is 1. The highest BCUT2D eigenvalue weighted by Crippen LogP contribution is 2.27. The first-order valence-corrected chi connectivity index (χ1v) is 6.90. The minimum atomic E-state index is 0.611. The molecule has 84 valence electrons. The van der Waals surface area contributed by atoms with Crippen molar-refractivity contribution < 1.29 is 4.74 Å². The van der Waals surface area contributed by atoms with Crippen LogP contribution in [0.1, 0.15) is 11.3 Å². The van der Waals surface area contributed by atoms with Crippen LogP contribution in [0, 0.1) is 5.92 Å². The van der Waals surface area contributed by atoms with Crippen LogP contribution in [0.2, 0.25) is 0 Å². The Morgan fingerprint density at radius 3 is 3.13 bits per heavy atom. The van der Waals surface area contributed by atoms with Gasteiger partial charge in [-0.05, 0) is 48.0 Å². The molecule has 2 rings (SSSR count). The van der Waals surface area contributed by atoms with Crippen molar-refractivity contribution in [3.63, 3.8) is 0 Å². The molecule has 2 heterocycles. The largest absolute Gasteiger partial charge is 0.381 e. The third-order valence-electron chi connectivity index (χ3n) is 2.94. The molecule has 1 aliphatic rings. The lowest BCUT2D eigenvalue weighted by molar-refractivity contribution is 0.0345. The maximum Gasteiger partial charge on any atom is 0.0701 e. The second kappa shape index (κ2) is 5.43. The van der Waals surface area contributed by atoms with Gasteiger partial charge in [0.05, 0.1) is 10.4 Å². The highest BCUT2D eigenvalue weighted by Gasteiger charge is 2.24. The zero-order chi connectivity index (χ0) is 10.7. The van der Waals surface area contributed by atoms with Crippen molar-refractivity contribution in [3.05, 3.63) is 20.8 Å². The van der Waals surface area contributed by atoms with E-state index in [0.29, 0.717) is 12.0 Å². The SMILES string of the molecule is CNC1CCOCC1Cc1ccc(Br)s1. The van der Waals surface area contributed by atoms with E-state index >= 15 is 0 Å². The van der Waals surface area contributed by atoms with E-state index in [-0.39, 0.29) is 0 Å². The average molecular weight is 290 g/mol. The summed E-state index contributed by atoms with van der Waals surface area (Å²) in [6.45, 7) is 1.79. The summed E-state index contributed by atoms with van der Waals surface area (Å²) in [6, 6.07) is 4.94. The topological polar surface area (TPSA) is 21.3 Å². The first kappa shape index (κ1) is 11.6. The molecule has 1 saturated heterocycles. The molecule has 2 atom stereocenters. The van der Waals surface area contributed by atoms with Crippen LogP contribution >= 0.6 is 27.3 Å². The van der Waals surface area contributed by atoms with Crippen LogP contribution in [0.15, 0.2) is 15.9 Å². The van der Waals surface area contributed by atoms with Crippen LogP contribution in [0.25, 0.3) is 0 Å². The minimum Gasteiger partial charge on any atom is -0.381 e. The third kappa shape index (κ3) is 3.03. The average Bonchev–Trinajstić information content (AvgIpc) is 2.65. The second-order valence-corrected chi connectivity index (χ2v) is 6.48. The molecule has 2 unspecified atom stereocenters. The summed E-state index contributed by atoms with van der Waals surface area (Å²) in [5.74, 6) is 0.620. The molecule has 0 bridgehead atoms. The Balaban J connectivity index is 1.97. The minimum absolute atomic E-state index is 0.611. The predicted molar refractivity (Wildman–Crippen MR) is 67.5 cm³/mol. The molecule has 0 amide bonds. The Morgan fingerprint density at radius 1 is 1.60 bits per heavy atom. The molecule has 1 aromatic rings. The zero-order valence-corrected chi connectivity index (χ0v) is 11.2. The maximum absolute atomic E-state index is 5.55. The zero-order valence-electron chi connectivity index (χ0n) is 8.83. The fourth-order valence-corrected chi connectivity index (χ4v) is 3.67. The molecular weight excluding hydrogens is 274 g/mol. The molecule has 0 aliphatic carbocycles. The van der Waals surface area contributed by atoms with Crippen LogP contribution in [-0.4, -0.2) is 26.3 Å². The standard InChI is InChI=1S/C11H16BrNOS/c1-13-10-4-5-14-7-8(10)6-9-2-3-11(12)15-9/h2-3,8,10,13H,4-7H2,1H3. The van der Waals surface area contributed by atoms with Crippen LogP contribution in [0.3, 0.4) is 0 Å². The molecule has 2 nitrogen and oxygen atoms in total. The molecule has 0 saturated carbocycles. The second-order valence-electron chi connectivity index (χ2n) is 3.93. The van der Waals surface area contributed by atoms with Gasteiger partial charge in [-0.3, -0.25) is 0 Å². The molecule has 1 fully saturated rings. The summed E-state index contributed by atoms with van der Waals surface area (Å²) in [7, 11) is 2.05. The lowest BCUT2D eigenvalue weighted by Crippen LogP contribution is -2.41. The number of ether oxygens (including phenoxy) is 1. The van der Waals surface area contributed by atoms with Crippen molar-refractivity contribution in [2.75, 3.05) is 20.3 Å². The maximum atomic E-state index is 5.55. The summed E-state index contributed by atoms with van der Waals surface area (Å²) in [5.41, 5.74) is 0. The number of nitrogens with one attached hydrogen (secondary N) is 1. The molecule has 0 aromatic carbocycles. The van der Waals surface area contributed by atoms with Crippen molar-refractivity contribution in [2.24, 2.45) is 5.92 Å². The van der Waals surface area contributed by atoms with Crippen LogP contribution in [0.5, 0.6) is 0 Å². The van der Waals surface area contributed by atoms with Crippen LogP contribution in [-0.2, 0) is 11.2 Å². The Labute approximate surface area is 103 Å². The van der Waals surface area contributed by atoms with Gasteiger partial charge in [-0.15, -0.1) is 11.3 Å². The number of rotatable bonds is 3. The first-order valence-electron chi connectivity index (χ1n) is 5.29. The highest BCUT2D eigenvalue weighted by atomic mass is 79.9. The van der Waals surface area contributed by atoms with E-state index in [1.165, 1.54) is 8.66 Å². The third-order valence-corrected chi connectivity index (χ3v) is 4.58. The van der Waals surface area contributed by atoms with E-state index in [2.05, 4.69) is 33.4 Å². The number of halogens is 1. The van der Waals surface area contributed by atoms with Gasteiger partial charge in [0.25, 0.3) is 0 Å². The van der Waals surface area contributed by atoms with Crippen molar-refractivity contribution in [2.45, 2.75) is 18.9 Å². The fourth-order valence-electron chi connectivity index (χ4n) is 2.10. The van der Waals surface area contributed by atoms with Gasteiger partial charge in [0.2, 0.25) is 0 Å². The summed E-state index contributed by atoms with van der Waals surface area (Å²) < 4.78 is 6.76. The lowest BCUT2D eigenvalue weighted by atomic mass is 9.92. The van der Waals surface area contributed by atoms with Gasteiger partial charge in [0, 0.05) is 23.4 Å². The highest BCUT2D eigenvalue weighted by molar-refractivity contribution is 9.11. The van der Waals surface area contributed by atoms with Crippen molar-refractivity contribution in [3.8, 4) is 0 Å². The molecule has 1 aliphatic heterocycles. The van der Waals surface area contributed by atoms with Gasteiger partial charge in [-0.1, -0.05) is 0 Å². The van der Waals surface area contributed by atoms with E-state index in [9.17, 15) is 0 Å². The van der Waals surface area contributed by atoms with E-state index in [0.717, 1.165) is 26.1 Å². The molecule has 0 spiro atoms. The molecule has 0 radical (unpaired) electrons. The monoisotopic (exact) mass is 289 g/mol. The lowest BCUT2D eigenvalue weighted by Gasteiger charge is -2.31. The Kier molecular flexibility index (Phi) is 4.20. The van der Waals surface area contributed by atoms with Crippen LogP contribution in [0.4, 0.5) is 0 Å². The van der Waals surface area contributed by atoms with Crippen molar-refractivity contribution in [1.29, 1.82) is 0 Å². The molecule has 4 heteroatoms. The van der Waals surface area contributed by atoms with E-state index in [4.69, 9.17) is 4.74 Å². The molecule has 15 heavy (non-hydrogen) atoms. The van der Waals surface area contributed by atoms with Gasteiger partial charge in [-0.2, -0.15) is 0 Å². The Hall–Kier alpha value is 0.1000. The molecular formula is C11H16BrNOS. The smallest absolute Gasteiger partial charge is 0.0701 e. The summed E-state index contributed by atoms with van der Waals surface area (Å²) in [5, 5.41) is 3.39. The van der Waals surface area contributed by atoms with Crippen molar-refractivity contribution >= 4 is 27.3 Å². The Morgan fingerprint density at radius 2 is 2.47 bits per heavy atom. The van der Waals surface area contributed by atoms with E-state index in [1.54, 1.807) is 0 Å². The van der Waals surface area contributed by atoms with Gasteiger partial charge >= 0.3 is 0 Å². The first-order chi connectivity index (χ1) is 7.29. The summed E-state index contributed by atoms with van der Waals surface area (Å²) in [4.78, 5) is 1.44. The van der Waals surface area contributed by atoms with Crippen molar-refractivity contribution in [1.82, 2.24) is 5.32 Å². The fraction of sp³-hybridized carbons (Fsp3) is 0.636. The predicted octanol–water partition coefficient (Wildman–Crippen LogP) is 2.68. The van der Waals surface area contributed by atoms with Gasteiger partial charge in [0.1, 0.15) is 0 Å². The molecule has 1 N–H and O–H groups in total. The van der Waals surface area contributed by atoms with Gasteiger partial charge < -0.3 is 10.1 Å². The number of thiophene rings is 1. The summed E-state index contributed by atoms with van der Waals surface area (Å²) in [6.07, 6.45) is 2.26. The van der Waals surface area contributed by atoms with E-state index in [1.807, 2.05) is 18.4 Å². The Bertz CT molecular complexity index is 315. The molecule has 1 aromatic heterocycles.